The number of esters is 1. The molecule has 0 radical (unpaired) electrons. The Bertz CT molecular complexity index is 482. The Morgan fingerprint density at radius 2 is 2.28 bits per heavy atom. The largest absolute Gasteiger partial charge is 0.464 e. The first kappa shape index (κ1) is 12.7. The van der Waals surface area contributed by atoms with Crippen molar-refractivity contribution in [2.75, 3.05) is 13.7 Å². The zero-order valence-electron chi connectivity index (χ0n) is 9.72. The van der Waals surface area contributed by atoms with Crippen LogP contribution in [0, 0.1) is 0 Å². The van der Waals surface area contributed by atoms with E-state index in [4.69, 9.17) is 5.11 Å². The molecule has 3 unspecified atom stereocenters. The van der Waals surface area contributed by atoms with E-state index in [1.165, 1.54) is 24.2 Å². The summed E-state index contributed by atoms with van der Waals surface area (Å²) < 4.78 is 6.01. The van der Waals surface area contributed by atoms with Gasteiger partial charge >= 0.3 is 5.97 Å². The monoisotopic (exact) mass is 254 g/mol. The number of imidazole rings is 1. The topological polar surface area (TPSA) is 105 Å². The fourth-order valence-electron chi connectivity index (χ4n) is 1.94. The lowest BCUT2D eigenvalue weighted by Crippen LogP contribution is -2.29. The number of hydrogen-bond acceptors (Lipinski definition) is 6. The van der Waals surface area contributed by atoms with Crippen molar-refractivity contribution in [3.63, 3.8) is 0 Å². The summed E-state index contributed by atoms with van der Waals surface area (Å²) in [6.45, 7) is -0.326. The Hall–Kier alpha value is -1.70. The van der Waals surface area contributed by atoms with Gasteiger partial charge in [0.25, 0.3) is 0 Å². The molecule has 0 spiro atoms. The second kappa shape index (κ2) is 4.89. The first-order chi connectivity index (χ1) is 8.58. The molecule has 7 heteroatoms. The Balaban J connectivity index is 2.25. The van der Waals surface area contributed by atoms with Crippen molar-refractivity contribution >= 4 is 5.97 Å². The number of aliphatic hydroxyl groups is 3. The summed E-state index contributed by atoms with van der Waals surface area (Å²) in [7, 11) is 1.25. The molecule has 18 heavy (non-hydrogen) atoms. The fourth-order valence-corrected chi connectivity index (χ4v) is 1.94. The molecule has 1 aliphatic rings. The minimum absolute atomic E-state index is 0.116. The summed E-state index contributed by atoms with van der Waals surface area (Å²) in [5.41, 5.74) is 0.464. The molecule has 0 saturated heterocycles. The molecule has 0 amide bonds. The van der Waals surface area contributed by atoms with Crippen molar-refractivity contribution in [3.05, 3.63) is 29.9 Å². The third kappa shape index (κ3) is 2.03. The predicted octanol–water partition coefficient (Wildman–Crippen LogP) is -1.14. The molecular weight excluding hydrogens is 240 g/mol. The van der Waals surface area contributed by atoms with E-state index in [2.05, 4.69) is 9.72 Å². The Morgan fingerprint density at radius 3 is 2.83 bits per heavy atom. The van der Waals surface area contributed by atoms with Gasteiger partial charge in [-0.1, -0.05) is 6.08 Å². The van der Waals surface area contributed by atoms with Gasteiger partial charge in [-0.3, -0.25) is 0 Å². The minimum Gasteiger partial charge on any atom is -0.464 e. The SMILES string of the molecule is COC(=O)c1cn(C2C=C(CO)C(O)C2O)cn1. The van der Waals surface area contributed by atoms with Crippen LogP contribution in [0.1, 0.15) is 16.5 Å². The van der Waals surface area contributed by atoms with Crippen LogP contribution < -0.4 is 0 Å². The number of nitrogens with zero attached hydrogens (tertiary/aromatic N) is 2. The van der Waals surface area contributed by atoms with Gasteiger partial charge in [0.1, 0.15) is 12.2 Å². The average Bonchev–Trinajstić information content (AvgIpc) is 2.96. The Labute approximate surface area is 103 Å². The van der Waals surface area contributed by atoms with Crippen LogP contribution >= 0.6 is 0 Å². The minimum atomic E-state index is -1.11. The van der Waals surface area contributed by atoms with E-state index in [1.54, 1.807) is 6.08 Å². The van der Waals surface area contributed by atoms with Crippen LogP contribution in [0.5, 0.6) is 0 Å². The number of carbonyl (C=O) groups is 1. The number of aromatic nitrogens is 2. The number of hydrogen-bond donors (Lipinski definition) is 3. The van der Waals surface area contributed by atoms with Gasteiger partial charge in [-0.15, -0.1) is 0 Å². The molecule has 0 aromatic carbocycles. The molecule has 2 rings (SSSR count). The van der Waals surface area contributed by atoms with E-state index < -0.39 is 24.2 Å². The third-order valence-electron chi connectivity index (χ3n) is 2.96. The lowest BCUT2D eigenvalue weighted by Gasteiger charge is -2.18. The Morgan fingerprint density at radius 1 is 1.56 bits per heavy atom. The molecule has 0 aliphatic heterocycles. The zero-order valence-corrected chi connectivity index (χ0v) is 9.72. The number of aliphatic hydroxyl groups excluding tert-OH is 3. The molecule has 3 N–H and O–H groups in total. The van der Waals surface area contributed by atoms with Crippen molar-refractivity contribution in [1.82, 2.24) is 9.55 Å². The van der Waals surface area contributed by atoms with Crippen molar-refractivity contribution in [3.8, 4) is 0 Å². The zero-order chi connectivity index (χ0) is 13.3. The molecule has 1 aromatic rings. The van der Waals surface area contributed by atoms with Crippen LogP contribution in [0.25, 0.3) is 0 Å². The van der Waals surface area contributed by atoms with E-state index in [9.17, 15) is 15.0 Å². The molecule has 7 nitrogen and oxygen atoms in total. The standard InChI is InChI=1S/C11H14N2O5/c1-18-11(17)7-3-13(5-12-7)8-2-6(4-14)9(15)10(8)16/h2-3,5,8-10,14-16H,4H2,1H3. The van der Waals surface area contributed by atoms with Crippen molar-refractivity contribution in [2.45, 2.75) is 18.2 Å². The summed E-state index contributed by atoms with van der Waals surface area (Å²) in [5, 5.41) is 28.5. The van der Waals surface area contributed by atoms with Crippen molar-refractivity contribution in [2.24, 2.45) is 0 Å². The maximum atomic E-state index is 11.2. The van der Waals surface area contributed by atoms with Gasteiger partial charge in [0.2, 0.25) is 0 Å². The maximum Gasteiger partial charge on any atom is 0.358 e. The molecule has 1 heterocycles. The normalized spacial score (nSPS) is 27.1. The molecule has 0 bridgehead atoms. The highest BCUT2D eigenvalue weighted by Crippen LogP contribution is 2.29. The van der Waals surface area contributed by atoms with Gasteiger partial charge in [0.05, 0.1) is 26.1 Å². The molecular formula is C11H14N2O5. The summed E-state index contributed by atoms with van der Waals surface area (Å²) in [6, 6.07) is -0.562. The number of carbonyl (C=O) groups excluding carboxylic acids is 1. The summed E-state index contributed by atoms with van der Waals surface area (Å²) >= 11 is 0. The molecule has 1 aromatic heterocycles. The van der Waals surface area contributed by atoms with Crippen LogP contribution in [0.2, 0.25) is 0 Å². The summed E-state index contributed by atoms with van der Waals surface area (Å²) in [6.07, 6.45) is 2.15. The summed E-state index contributed by atoms with van der Waals surface area (Å²) in [5.74, 6) is -0.576. The van der Waals surface area contributed by atoms with Gasteiger partial charge in [0, 0.05) is 6.20 Å². The number of methoxy groups -OCH3 is 1. The number of ether oxygens (including phenoxy) is 1. The van der Waals surface area contributed by atoms with Crippen LogP contribution in [0.15, 0.2) is 24.2 Å². The van der Waals surface area contributed by atoms with Gasteiger partial charge < -0.3 is 24.6 Å². The Kier molecular flexibility index (Phi) is 3.46. The van der Waals surface area contributed by atoms with Crippen molar-refractivity contribution < 1.29 is 24.9 Å². The highest BCUT2D eigenvalue weighted by Gasteiger charge is 2.35. The molecule has 98 valence electrons. The smallest absolute Gasteiger partial charge is 0.358 e. The number of rotatable bonds is 3. The molecule has 0 saturated carbocycles. The first-order valence-corrected chi connectivity index (χ1v) is 5.38. The van der Waals surface area contributed by atoms with Gasteiger partial charge in [-0.05, 0) is 5.57 Å². The third-order valence-corrected chi connectivity index (χ3v) is 2.96. The van der Waals surface area contributed by atoms with E-state index in [1.807, 2.05) is 0 Å². The van der Waals surface area contributed by atoms with E-state index in [0.717, 1.165) is 0 Å². The van der Waals surface area contributed by atoms with Crippen LogP contribution in [0.3, 0.4) is 0 Å². The quantitative estimate of drug-likeness (QED) is 0.465. The fraction of sp³-hybridized carbons (Fsp3) is 0.455. The highest BCUT2D eigenvalue weighted by molar-refractivity contribution is 5.86. The lowest BCUT2D eigenvalue weighted by molar-refractivity contribution is 0.0280. The second-order valence-electron chi connectivity index (χ2n) is 4.02. The predicted molar refractivity (Wildman–Crippen MR) is 59.8 cm³/mol. The highest BCUT2D eigenvalue weighted by atomic mass is 16.5. The second-order valence-corrected chi connectivity index (χ2v) is 4.02. The van der Waals surface area contributed by atoms with Crippen LogP contribution in [-0.4, -0.2) is 56.8 Å². The van der Waals surface area contributed by atoms with Gasteiger partial charge in [-0.2, -0.15) is 0 Å². The van der Waals surface area contributed by atoms with E-state index in [-0.39, 0.29) is 12.3 Å². The molecule has 1 aliphatic carbocycles. The van der Waals surface area contributed by atoms with E-state index >= 15 is 0 Å². The lowest BCUT2D eigenvalue weighted by atomic mass is 10.1. The summed E-state index contributed by atoms with van der Waals surface area (Å²) in [4.78, 5) is 15.1. The van der Waals surface area contributed by atoms with Gasteiger partial charge in [0.15, 0.2) is 5.69 Å². The van der Waals surface area contributed by atoms with E-state index in [0.29, 0.717) is 5.57 Å². The molecule has 3 atom stereocenters. The van der Waals surface area contributed by atoms with Gasteiger partial charge in [-0.25, -0.2) is 9.78 Å². The van der Waals surface area contributed by atoms with Crippen LogP contribution in [-0.2, 0) is 4.74 Å². The van der Waals surface area contributed by atoms with Crippen molar-refractivity contribution in [1.29, 1.82) is 0 Å². The molecule has 0 fully saturated rings. The average molecular weight is 254 g/mol. The van der Waals surface area contributed by atoms with Crippen LogP contribution in [0.4, 0.5) is 0 Å². The first-order valence-electron chi connectivity index (χ1n) is 5.38. The maximum absolute atomic E-state index is 11.2.